The van der Waals surface area contributed by atoms with E-state index in [1.807, 2.05) is 42.1 Å². The summed E-state index contributed by atoms with van der Waals surface area (Å²) in [5, 5.41) is 0. The molecule has 0 aliphatic carbocycles. The van der Waals surface area contributed by atoms with Crippen molar-refractivity contribution < 1.29 is 30.1 Å². The second kappa shape index (κ2) is 46.8. The van der Waals surface area contributed by atoms with E-state index in [4.69, 9.17) is 2.74 Å². The smallest absolute Gasteiger partial charge is 0.201 e. The normalized spacial score (nSPS) is 10.8. The molecule has 0 spiro atoms. The first-order valence-electron chi connectivity index (χ1n) is 38.8. The van der Waals surface area contributed by atoms with E-state index < -0.39 is 6.37 Å². The fourth-order valence-corrected chi connectivity index (χ4v) is 13.3. The number of hydrogen-bond donors (Lipinski definition) is 0. The highest BCUT2D eigenvalue weighted by atomic mass is 14.9. The van der Waals surface area contributed by atoms with Gasteiger partial charge >= 0.3 is 0 Å². The maximum Gasteiger partial charge on any atom is 0.212 e. The van der Waals surface area contributed by atoms with Crippen molar-refractivity contribution in [2.45, 2.75) is 207 Å². The van der Waals surface area contributed by atoms with Crippen molar-refractivity contribution in [3.05, 3.63) is 322 Å². The molecule has 0 aliphatic heterocycles. The van der Waals surface area contributed by atoms with Crippen LogP contribution >= 0.6 is 0 Å². The van der Waals surface area contributed by atoms with Crippen LogP contribution in [0.2, 0.25) is 0 Å². The maximum atomic E-state index is 7.74. The molecule has 6 heteroatoms. The third-order valence-corrected chi connectivity index (χ3v) is 19.1. The van der Waals surface area contributed by atoms with Crippen LogP contribution in [-0.2, 0) is 74.3 Å². The molecule has 6 heterocycles. The average molecular weight is 1500 g/mol. The van der Waals surface area contributed by atoms with Crippen LogP contribution < -0.4 is 27.4 Å². The molecule has 6 nitrogen and oxygen atoms in total. The molecule has 6 aromatic carbocycles. The Morgan fingerprint density at radius 1 is 0.297 bits per heavy atom. The molecular formula is C105H150N6+6. The van der Waals surface area contributed by atoms with E-state index in [2.05, 4.69) is 401 Å². The second-order valence-electron chi connectivity index (χ2n) is 31.7. The molecule has 0 fully saturated rings. The molecular weight excluding hydrogens is 1350 g/mol. The van der Waals surface area contributed by atoms with E-state index in [9.17, 15) is 0 Å². The lowest BCUT2D eigenvalue weighted by molar-refractivity contribution is -0.661. The Labute approximate surface area is 682 Å². The SMILES string of the molecule is C.C.C.C.C.C.CCc1cc[n+](C)c(-c2ccccc2C)c1.Cc1ccccc1-c1cc(C(C)C)cc[n+]1C.Cc1ccccc1-c1cc(CC(C)(C)C)cc[n+]1C.Cc1ccccc1-c1cc(CC(C)C)cc[n+]1C.Cc1ccccc1-c1ccc(CC(C)(C)C)c[n+]1C.[2H]C([2H])(C)c1ccc(-c2ccccc2C)[n+](C)c1. The van der Waals surface area contributed by atoms with Gasteiger partial charge in [0.1, 0.15) is 42.3 Å². The van der Waals surface area contributed by atoms with Crippen LogP contribution in [-0.4, -0.2) is 0 Å². The highest BCUT2D eigenvalue weighted by molar-refractivity contribution is 5.65. The highest BCUT2D eigenvalue weighted by Gasteiger charge is 2.21. The Bertz CT molecular complexity index is 4880. The molecule has 12 aromatic rings. The van der Waals surface area contributed by atoms with Gasteiger partial charge < -0.3 is 0 Å². The molecule has 0 amide bonds. The van der Waals surface area contributed by atoms with Crippen LogP contribution in [0.1, 0.15) is 203 Å². The van der Waals surface area contributed by atoms with Gasteiger partial charge in [-0.15, -0.1) is 0 Å². The second-order valence-corrected chi connectivity index (χ2v) is 31.7. The quantitative estimate of drug-likeness (QED) is 0.103. The summed E-state index contributed by atoms with van der Waals surface area (Å²) >= 11 is 0. The van der Waals surface area contributed by atoms with E-state index in [-0.39, 0.29) is 44.6 Å². The van der Waals surface area contributed by atoms with Gasteiger partial charge in [0.2, 0.25) is 34.2 Å². The third-order valence-electron chi connectivity index (χ3n) is 19.1. The van der Waals surface area contributed by atoms with Gasteiger partial charge in [-0.05, 0) is 200 Å². The Morgan fingerprint density at radius 3 is 0.874 bits per heavy atom. The number of rotatable bonds is 13. The van der Waals surface area contributed by atoms with Gasteiger partial charge in [-0.1, -0.05) is 237 Å². The summed E-state index contributed by atoms with van der Waals surface area (Å²) < 4.78 is 28.5. The lowest BCUT2D eigenvalue weighted by atomic mass is 9.88. The van der Waals surface area contributed by atoms with E-state index in [0.29, 0.717) is 28.2 Å². The van der Waals surface area contributed by atoms with E-state index in [0.717, 1.165) is 31.4 Å². The summed E-state index contributed by atoms with van der Waals surface area (Å²) in [6.07, 6.45) is 15.9. The molecule has 0 aliphatic rings. The molecule has 12 rings (SSSR count). The topological polar surface area (TPSA) is 23.3 Å². The van der Waals surface area contributed by atoms with E-state index in [1.165, 1.54) is 123 Å². The average Bonchev–Trinajstić information content (AvgIpc) is 0.898. The molecule has 0 atom stereocenters. The van der Waals surface area contributed by atoms with Gasteiger partial charge in [-0.2, -0.15) is 0 Å². The van der Waals surface area contributed by atoms with Crippen molar-refractivity contribution in [1.29, 1.82) is 0 Å². The predicted molar refractivity (Wildman–Crippen MR) is 485 cm³/mol. The molecule has 111 heavy (non-hydrogen) atoms. The standard InChI is InChI=1S/2C18H24N.C17H22N.C16H20N.2C15H18N.6CH4/c1-14-8-6-7-9-16(14)17-12-15(10-11-19(17)5)13-18(2,3)4;1-14-8-6-7-9-16(14)17-11-10-15(13-19(17)5)12-18(2,3)4;1-13(2)11-15-9-10-18(4)17(12-15)16-8-6-5-7-14(16)3;1-12(2)14-9-10-17(4)16(11-14)15-8-6-5-7-13(15)3;1-4-13-9-10-16(3)15(11-13)14-8-6-5-7-12(14)2;1-4-13-9-10-15(16(3)11-13)14-8-6-5-7-12(14)2;;;;;;/h6-12H,13H2,1-5H3;6-11,13H,12H2,1-5H3;5-10,12-13H,11H2,1-4H3;5-12H,1-4H3;2*5-11H,4H2,1-3H3;6*1H4/q6*+1;;;;;;/i;;;;;4D2;;;;;;. The molecule has 6 aromatic heterocycles. The van der Waals surface area contributed by atoms with Crippen molar-refractivity contribution in [2.75, 3.05) is 0 Å². The van der Waals surface area contributed by atoms with Crippen LogP contribution in [0.3, 0.4) is 0 Å². The van der Waals surface area contributed by atoms with Crippen molar-refractivity contribution in [1.82, 2.24) is 0 Å². The largest absolute Gasteiger partial charge is 0.212 e. The number of aromatic nitrogens is 6. The Morgan fingerprint density at radius 2 is 0.568 bits per heavy atom. The first-order valence-corrected chi connectivity index (χ1v) is 37.8. The molecule has 0 N–H and O–H groups in total. The molecule has 0 bridgehead atoms. The van der Waals surface area contributed by atoms with Crippen molar-refractivity contribution in [3.8, 4) is 67.5 Å². The summed E-state index contributed by atoms with van der Waals surface area (Å²) in [4.78, 5) is 0. The predicted octanol–water partition coefficient (Wildman–Crippen LogP) is 25.4. The zero-order valence-corrected chi connectivity index (χ0v) is 68.4. The van der Waals surface area contributed by atoms with E-state index >= 15 is 0 Å². The summed E-state index contributed by atoms with van der Waals surface area (Å²) in [6, 6.07) is 77.4. The molecule has 594 valence electrons. The summed E-state index contributed by atoms with van der Waals surface area (Å²) in [5.41, 5.74) is 31.5. The number of pyridine rings is 6. The number of hydrogen-bond acceptors (Lipinski definition) is 0. The fraction of sp³-hybridized carbons (Fsp3) is 0.371. The summed E-state index contributed by atoms with van der Waals surface area (Å²) in [6.45, 7) is 39.4. The lowest BCUT2D eigenvalue weighted by Gasteiger charge is -2.18. The number of nitrogens with zero attached hydrogens (tertiary/aromatic N) is 6. The number of benzene rings is 6. The zero-order valence-electron chi connectivity index (χ0n) is 70.4. The van der Waals surface area contributed by atoms with Gasteiger partial charge in [-0.3, -0.25) is 0 Å². The van der Waals surface area contributed by atoms with Crippen LogP contribution in [0, 0.1) is 58.3 Å². The first-order chi connectivity index (χ1) is 50.5. The van der Waals surface area contributed by atoms with Gasteiger partial charge in [0.05, 0.1) is 0 Å². The first kappa shape index (κ1) is 95.4. The minimum Gasteiger partial charge on any atom is -0.201 e. The van der Waals surface area contributed by atoms with Gasteiger partial charge in [0.25, 0.3) is 0 Å². The Hall–Kier alpha value is -9.78. The van der Waals surface area contributed by atoms with Crippen molar-refractivity contribution >= 4 is 0 Å². The van der Waals surface area contributed by atoms with Crippen molar-refractivity contribution in [2.24, 2.45) is 59.0 Å². The van der Waals surface area contributed by atoms with Gasteiger partial charge in [0.15, 0.2) is 37.2 Å². The maximum absolute atomic E-state index is 7.74. The Balaban J connectivity index is 0.000000671. The van der Waals surface area contributed by atoms with Crippen LogP contribution in [0.15, 0.2) is 256 Å². The molecule has 0 radical (unpaired) electrons. The van der Waals surface area contributed by atoms with Crippen LogP contribution in [0.25, 0.3) is 67.5 Å². The Kier molecular flexibility index (Phi) is 40.2. The molecule has 0 saturated carbocycles. The zero-order chi connectivity index (χ0) is 78.5. The molecule has 0 unspecified atom stereocenters. The summed E-state index contributed by atoms with van der Waals surface area (Å²) in [5.74, 6) is 1.27. The number of aryl methyl sites for hydroxylation is 14. The minimum absolute atomic E-state index is 0. The van der Waals surface area contributed by atoms with Gasteiger partial charge in [0, 0.05) is 108 Å². The van der Waals surface area contributed by atoms with Crippen molar-refractivity contribution in [3.63, 3.8) is 0 Å². The fourth-order valence-electron chi connectivity index (χ4n) is 13.3. The molecule has 0 saturated heterocycles. The van der Waals surface area contributed by atoms with Gasteiger partial charge in [-0.25, -0.2) is 27.4 Å². The highest BCUT2D eigenvalue weighted by Crippen LogP contribution is 2.29. The van der Waals surface area contributed by atoms with E-state index in [1.54, 1.807) is 6.92 Å². The van der Waals surface area contributed by atoms with Crippen LogP contribution in [0.5, 0.6) is 0 Å². The monoisotopic (exact) mass is 1500 g/mol. The minimum atomic E-state index is -1.30. The summed E-state index contributed by atoms with van der Waals surface area (Å²) in [7, 11) is 12.5. The van der Waals surface area contributed by atoms with Crippen LogP contribution in [0.4, 0.5) is 0 Å². The lowest BCUT2D eigenvalue weighted by Crippen LogP contribution is -2.32. The third kappa shape index (κ3) is 29.8.